The van der Waals surface area contributed by atoms with E-state index in [1.54, 1.807) is 0 Å². The van der Waals surface area contributed by atoms with Gasteiger partial charge in [-0.15, -0.1) is 0 Å². The van der Waals surface area contributed by atoms with Crippen molar-refractivity contribution >= 4 is 15.5 Å². The van der Waals surface area contributed by atoms with Gasteiger partial charge in [-0.1, -0.05) is 0 Å². The van der Waals surface area contributed by atoms with Crippen LogP contribution in [0, 0.1) is 11.6 Å². The Morgan fingerprint density at radius 2 is 1.85 bits per heavy atom. The van der Waals surface area contributed by atoms with Crippen molar-refractivity contribution in [1.82, 2.24) is 0 Å². The van der Waals surface area contributed by atoms with Crippen LogP contribution < -0.4 is 5.73 Å². The summed E-state index contributed by atoms with van der Waals surface area (Å²) in [5.41, 5.74) is 4.56. The molecule has 0 saturated heterocycles. The van der Waals surface area contributed by atoms with Gasteiger partial charge in [0.05, 0.1) is 10.6 Å². The molecule has 1 aromatic carbocycles. The second-order valence-corrected chi connectivity index (χ2v) is 4.56. The minimum Gasteiger partial charge on any atom is -0.395 e. The summed E-state index contributed by atoms with van der Waals surface area (Å²) in [7, 11) is -3.68. The number of halogens is 2. The number of sulfone groups is 1. The molecule has 0 heterocycles. The summed E-state index contributed by atoms with van der Waals surface area (Å²) in [6.07, 6.45) is 0.831. The molecule has 3 nitrogen and oxygen atoms in total. The fourth-order valence-electron chi connectivity index (χ4n) is 0.868. The first kappa shape index (κ1) is 9.91. The van der Waals surface area contributed by atoms with E-state index in [0.29, 0.717) is 12.1 Å². The first-order valence-electron chi connectivity index (χ1n) is 3.27. The van der Waals surface area contributed by atoms with Gasteiger partial charge in [0.2, 0.25) is 0 Å². The Hall–Kier alpha value is -1.17. The van der Waals surface area contributed by atoms with E-state index < -0.39 is 32.1 Å². The van der Waals surface area contributed by atoms with Gasteiger partial charge in [0.25, 0.3) is 0 Å². The van der Waals surface area contributed by atoms with Gasteiger partial charge in [0.15, 0.2) is 9.84 Å². The van der Waals surface area contributed by atoms with E-state index in [4.69, 9.17) is 5.73 Å². The Kier molecular flexibility index (Phi) is 2.25. The van der Waals surface area contributed by atoms with Crippen molar-refractivity contribution < 1.29 is 17.2 Å². The molecule has 0 saturated carbocycles. The van der Waals surface area contributed by atoms with Crippen LogP contribution in [0.5, 0.6) is 0 Å². The smallest absolute Gasteiger partial charge is 0.177 e. The van der Waals surface area contributed by atoms with Crippen LogP contribution >= 0.6 is 0 Å². The molecule has 0 atom stereocenters. The Balaban J connectivity index is 3.56. The van der Waals surface area contributed by atoms with E-state index in [9.17, 15) is 17.2 Å². The zero-order valence-electron chi connectivity index (χ0n) is 6.71. The molecule has 13 heavy (non-hydrogen) atoms. The van der Waals surface area contributed by atoms with Gasteiger partial charge in [-0.2, -0.15) is 0 Å². The fraction of sp³-hybridized carbons (Fsp3) is 0.143. The predicted octanol–water partition coefficient (Wildman–Crippen LogP) is 0.951. The molecule has 0 aliphatic rings. The van der Waals surface area contributed by atoms with E-state index in [1.807, 2.05) is 0 Å². The van der Waals surface area contributed by atoms with Crippen molar-refractivity contribution in [3.63, 3.8) is 0 Å². The Bertz CT molecular complexity index is 442. The molecule has 0 radical (unpaired) electrons. The van der Waals surface area contributed by atoms with E-state index in [0.717, 1.165) is 6.26 Å². The number of nitrogen functional groups attached to an aromatic ring is 1. The molecule has 72 valence electrons. The lowest BCUT2D eigenvalue weighted by molar-refractivity contribution is 0.572. The number of hydrogen-bond acceptors (Lipinski definition) is 3. The number of benzene rings is 1. The molecule has 1 aromatic rings. The molecular formula is C7H7F2NO2S. The largest absolute Gasteiger partial charge is 0.395 e. The maximum atomic E-state index is 12.7. The minimum atomic E-state index is -3.68. The Morgan fingerprint density at radius 3 is 2.31 bits per heavy atom. The molecule has 0 aromatic heterocycles. The third-order valence-corrected chi connectivity index (χ3v) is 2.59. The molecule has 0 aliphatic carbocycles. The molecule has 0 spiro atoms. The summed E-state index contributed by atoms with van der Waals surface area (Å²) in [6, 6.07) is 1.22. The van der Waals surface area contributed by atoms with Crippen molar-refractivity contribution in [2.75, 3.05) is 12.0 Å². The van der Waals surface area contributed by atoms with E-state index >= 15 is 0 Å². The van der Waals surface area contributed by atoms with E-state index in [-0.39, 0.29) is 0 Å². The van der Waals surface area contributed by atoms with Crippen LogP contribution in [-0.4, -0.2) is 14.7 Å². The fourth-order valence-corrected chi connectivity index (χ4v) is 1.69. The van der Waals surface area contributed by atoms with Crippen molar-refractivity contribution in [3.05, 3.63) is 23.8 Å². The Labute approximate surface area is 74.1 Å². The minimum absolute atomic E-state index is 0.523. The van der Waals surface area contributed by atoms with Crippen LogP contribution in [0.25, 0.3) is 0 Å². The van der Waals surface area contributed by atoms with Gasteiger partial charge in [-0.25, -0.2) is 17.2 Å². The summed E-state index contributed by atoms with van der Waals surface area (Å²) in [4.78, 5) is -0.523. The highest BCUT2D eigenvalue weighted by Crippen LogP contribution is 2.22. The average Bonchev–Trinajstić information content (AvgIpc) is 1.94. The van der Waals surface area contributed by atoms with Crippen molar-refractivity contribution in [2.24, 2.45) is 0 Å². The summed E-state index contributed by atoms with van der Waals surface area (Å²) in [5, 5.41) is 0. The quantitative estimate of drug-likeness (QED) is 0.697. The number of rotatable bonds is 1. The molecule has 1 rings (SSSR count). The lowest BCUT2D eigenvalue weighted by Crippen LogP contribution is -2.05. The lowest BCUT2D eigenvalue weighted by atomic mass is 10.3. The molecule has 0 fully saturated rings. The monoisotopic (exact) mass is 207 g/mol. The van der Waals surface area contributed by atoms with Gasteiger partial charge < -0.3 is 5.73 Å². The van der Waals surface area contributed by atoms with Crippen LogP contribution in [0.4, 0.5) is 14.5 Å². The second-order valence-electron chi connectivity index (χ2n) is 2.57. The highest BCUT2D eigenvalue weighted by atomic mass is 32.2. The molecular weight excluding hydrogens is 200 g/mol. The number of nitrogens with two attached hydrogens (primary N) is 1. The zero-order chi connectivity index (χ0) is 10.2. The van der Waals surface area contributed by atoms with Crippen LogP contribution in [0.3, 0.4) is 0 Å². The summed E-state index contributed by atoms with van der Waals surface area (Å²) >= 11 is 0. The van der Waals surface area contributed by atoms with Gasteiger partial charge in [0.1, 0.15) is 11.6 Å². The van der Waals surface area contributed by atoms with Crippen molar-refractivity contribution in [2.45, 2.75) is 4.90 Å². The summed E-state index contributed by atoms with van der Waals surface area (Å²) in [5.74, 6) is -2.03. The van der Waals surface area contributed by atoms with E-state index in [1.165, 1.54) is 0 Å². The molecule has 6 heteroatoms. The maximum Gasteiger partial charge on any atom is 0.177 e. The molecule has 0 bridgehead atoms. The van der Waals surface area contributed by atoms with Crippen LogP contribution in [0.15, 0.2) is 17.0 Å². The standard InChI is InChI=1S/C7H7F2NO2S/c1-13(11,12)6-3-4(8)2-5(9)7(6)10/h2-3H,10H2,1H3. The number of anilines is 1. The average molecular weight is 207 g/mol. The van der Waals surface area contributed by atoms with Crippen molar-refractivity contribution in [3.8, 4) is 0 Å². The maximum absolute atomic E-state index is 12.7. The van der Waals surface area contributed by atoms with Crippen molar-refractivity contribution in [1.29, 1.82) is 0 Å². The van der Waals surface area contributed by atoms with Gasteiger partial charge in [-0.05, 0) is 6.07 Å². The normalized spacial score (nSPS) is 11.6. The van der Waals surface area contributed by atoms with E-state index in [2.05, 4.69) is 0 Å². The summed E-state index contributed by atoms with van der Waals surface area (Å²) in [6.45, 7) is 0. The van der Waals surface area contributed by atoms with Gasteiger partial charge in [-0.3, -0.25) is 0 Å². The predicted molar refractivity (Wildman–Crippen MR) is 43.9 cm³/mol. The first-order valence-corrected chi connectivity index (χ1v) is 5.16. The van der Waals surface area contributed by atoms with Gasteiger partial charge >= 0.3 is 0 Å². The highest BCUT2D eigenvalue weighted by molar-refractivity contribution is 7.90. The molecule has 0 amide bonds. The molecule has 0 aliphatic heterocycles. The highest BCUT2D eigenvalue weighted by Gasteiger charge is 2.16. The topological polar surface area (TPSA) is 60.2 Å². The second kappa shape index (κ2) is 2.95. The number of hydrogen-bond donors (Lipinski definition) is 1. The van der Waals surface area contributed by atoms with Crippen LogP contribution in [0.1, 0.15) is 0 Å². The lowest BCUT2D eigenvalue weighted by Gasteiger charge is -2.03. The third-order valence-electron chi connectivity index (χ3n) is 1.46. The Morgan fingerprint density at radius 1 is 1.31 bits per heavy atom. The summed E-state index contributed by atoms with van der Waals surface area (Å²) < 4.78 is 47.2. The van der Waals surface area contributed by atoms with Crippen LogP contribution in [-0.2, 0) is 9.84 Å². The molecule has 0 unspecified atom stereocenters. The first-order chi connectivity index (χ1) is 5.82. The van der Waals surface area contributed by atoms with Gasteiger partial charge in [0, 0.05) is 12.3 Å². The SMILES string of the molecule is CS(=O)(=O)c1cc(F)cc(F)c1N. The van der Waals surface area contributed by atoms with Crippen LogP contribution in [0.2, 0.25) is 0 Å². The zero-order valence-corrected chi connectivity index (χ0v) is 7.53. The molecule has 2 N–H and O–H groups in total. The third kappa shape index (κ3) is 1.95.